The van der Waals surface area contributed by atoms with Gasteiger partial charge in [-0.2, -0.15) is 0 Å². The van der Waals surface area contributed by atoms with Gasteiger partial charge in [0, 0.05) is 36.3 Å². The second kappa shape index (κ2) is 4.98. The number of thiazole rings is 1. The van der Waals surface area contributed by atoms with Gasteiger partial charge in [0.05, 0.1) is 10.7 Å². The lowest BCUT2D eigenvalue weighted by atomic mass is 10.1. The largest absolute Gasteiger partial charge is 0.335 e. The van der Waals surface area contributed by atoms with Crippen molar-refractivity contribution in [3.63, 3.8) is 0 Å². The van der Waals surface area contributed by atoms with Crippen molar-refractivity contribution in [1.82, 2.24) is 14.5 Å². The van der Waals surface area contributed by atoms with E-state index in [1.54, 1.807) is 11.3 Å². The van der Waals surface area contributed by atoms with Crippen LogP contribution in [0.3, 0.4) is 0 Å². The van der Waals surface area contributed by atoms with Crippen molar-refractivity contribution in [1.29, 1.82) is 0 Å². The van der Waals surface area contributed by atoms with Gasteiger partial charge in [0.2, 0.25) is 0 Å². The van der Waals surface area contributed by atoms with Crippen LogP contribution in [0.25, 0.3) is 0 Å². The van der Waals surface area contributed by atoms with E-state index < -0.39 is 0 Å². The number of imidazole rings is 1. The van der Waals surface area contributed by atoms with E-state index in [1.807, 2.05) is 26.2 Å². The second-order valence-electron chi connectivity index (χ2n) is 4.12. The van der Waals surface area contributed by atoms with Gasteiger partial charge in [0.15, 0.2) is 0 Å². The molecule has 17 heavy (non-hydrogen) atoms. The molecule has 0 aliphatic carbocycles. The fraction of sp³-hybridized carbons (Fsp3) is 0.500. The van der Waals surface area contributed by atoms with Crippen molar-refractivity contribution in [2.45, 2.75) is 39.8 Å². The number of hydrogen-bond acceptors (Lipinski definition) is 4. The van der Waals surface area contributed by atoms with Crippen LogP contribution in [-0.4, -0.2) is 14.5 Å². The predicted molar refractivity (Wildman–Crippen MR) is 70.1 cm³/mol. The molecule has 2 N–H and O–H groups in total. The first-order valence-corrected chi connectivity index (χ1v) is 6.63. The third kappa shape index (κ3) is 2.56. The molecule has 0 saturated carbocycles. The summed E-state index contributed by atoms with van der Waals surface area (Å²) in [4.78, 5) is 9.95. The minimum Gasteiger partial charge on any atom is -0.335 e. The molecule has 0 bridgehead atoms. The molecule has 1 unspecified atom stereocenters. The second-order valence-corrected chi connectivity index (χ2v) is 5.36. The minimum absolute atomic E-state index is 0.00565. The zero-order chi connectivity index (χ0) is 12.4. The number of nitrogens with zero attached hydrogens (tertiary/aromatic N) is 3. The van der Waals surface area contributed by atoms with Crippen LogP contribution >= 0.6 is 11.3 Å². The number of aryl methyl sites for hydroxylation is 3. The van der Waals surface area contributed by atoms with Crippen molar-refractivity contribution < 1.29 is 0 Å². The Kier molecular flexibility index (Phi) is 3.59. The van der Waals surface area contributed by atoms with Crippen LogP contribution in [0.2, 0.25) is 0 Å². The van der Waals surface area contributed by atoms with E-state index in [4.69, 9.17) is 5.73 Å². The minimum atomic E-state index is -0.00565. The third-order valence-electron chi connectivity index (χ3n) is 2.82. The molecule has 0 spiro atoms. The maximum atomic E-state index is 6.24. The first-order chi connectivity index (χ1) is 8.11. The molecule has 1 atom stereocenters. The lowest BCUT2D eigenvalue weighted by Gasteiger charge is -2.11. The summed E-state index contributed by atoms with van der Waals surface area (Å²) in [5.41, 5.74) is 7.29. The third-order valence-corrected chi connectivity index (χ3v) is 4.03. The van der Waals surface area contributed by atoms with Crippen LogP contribution < -0.4 is 5.73 Å². The molecule has 0 aliphatic heterocycles. The Hall–Kier alpha value is -1.20. The van der Waals surface area contributed by atoms with E-state index in [9.17, 15) is 0 Å². The topological polar surface area (TPSA) is 56.7 Å². The zero-order valence-corrected chi connectivity index (χ0v) is 11.3. The Morgan fingerprint density at radius 1 is 1.47 bits per heavy atom. The summed E-state index contributed by atoms with van der Waals surface area (Å²) in [6.07, 6.45) is 4.59. The summed E-state index contributed by atoms with van der Waals surface area (Å²) in [7, 11) is 0. The summed E-state index contributed by atoms with van der Waals surface area (Å²) < 4.78 is 2.13. The molecule has 0 radical (unpaired) electrons. The highest BCUT2D eigenvalue weighted by molar-refractivity contribution is 7.11. The van der Waals surface area contributed by atoms with Crippen molar-refractivity contribution >= 4 is 11.3 Å². The van der Waals surface area contributed by atoms with Crippen molar-refractivity contribution in [2.24, 2.45) is 5.73 Å². The Morgan fingerprint density at radius 2 is 2.24 bits per heavy atom. The van der Waals surface area contributed by atoms with Gasteiger partial charge in [-0.25, -0.2) is 9.97 Å². The fourth-order valence-electron chi connectivity index (χ4n) is 2.00. The van der Waals surface area contributed by atoms with Gasteiger partial charge in [0.25, 0.3) is 0 Å². The quantitative estimate of drug-likeness (QED) is 0.905. The SMILES string of the molecule is CCn1ccnc1CC(N)c1sc(C)nc1C. The normalized spacial score (nSPS) is 12.9. The van der Waals surface area contributed by atoms with Crippen LogP contribution in [0.5, 0.6) is 0 Å². The molecule has 4 nitrogen and oxygen atoms in total. The lowest BCUT2D eigenvalue weighted by Crippen LogP contribution is -2.16. The van der Waals surface area contributed by atoms with Crippen LogP contribution in [-0.2, 0) is 13.0 Å². The molecule has 2 aromatic rings. The summed E-state index contributed by atoms with van der Waals surface area (Å²) in [6, 6.07) is -0.00565. The molecule has 2 heterocycles. The molecule has 0 aromatic carbocycles. The molecule has 0 aliphatic rings. The van der Waals surface area contributed by atoms with Gasteiger partial charge < -0.3 is 10.3 Å². The van der Waals surface area contributed by atoms with Gasteiger partial charge in [-0.05, 0) is 20.8 Å². The average molecular weight is 250 g/mol. The van der Waals surface area contributed by atoms with Crippen LogP contribution in [0.15, 0.2) is 12.4 Å². The van der Waals surface area contributed by atoms with Gasteiger partial charge >= 0.3 is 0 Å². The molecule has 0 amide bonds. The van der Waals surface area contributed by atoms with E-state index in [-0.39, 0.29) is 6.04 Å². The number of nitrogens with two attached hydrogens (primary N) is 1. The van der Waals surface area contributed by atoms with E-state index >= 15 is 0 Å². The number of hydrogen-bond donors (Lipinski definition) is 1. The first kappa shape index (κ1) is 12.3. The van der Waals surface area contributed by atoms with Gasteiger partial charge in [-0.3, -0.25) is 0 Å². The van der Waals surface area contributed by atoms with Gasteiger partial charge in [0.1, 0.15) is 5.82 Å². The van der Waals surface area contributed by atoms with Gasteiger partial charge in [-0.15, -0.1) is 11.3 Å². The summed E-state index contributed by atoms with van der Waals surface area (Å²) in [6.45, 7) is 7.08. The fourth-order valence-corrected chi connectivity index (χ4v) is 2.93. The van der Waals surface area contributed by atoms with E-state index in [2.05, 4.69) is 21.5 Å². The summed E-state index contributed by atoms with van der Waals surface area (Å²) in [5, 5.41) is 1.08. The molecule has 0 saturated heterocycles. The molecular formula is C12H18N4S. The highest BCUT2D eigenvalue weighted by Gasteiger charge is 2.16. The number of aromatic nitrogens is 3. The predicted octanol–water partition coefficient (Wildman–Crippen LogP) is 2.22. The standard InChI is InChI=1S/C12H18N4S/c1-4-16-6-5-14-11(16)7-10(13)12-8(2)15-9(3)17-12/h5-6,10H,4,7,13H2,1-3H3. The highest BCUT2D eigenvalue weighted by Crippen LogP contribution is 2.25. The first-order valence-electron chi connectivity index (χ1n) is 5.81. The van der Waals surface area contributed by atoms with E-state index in [0.717, 1.165) is 29.5 Å². The Labute approximate surface area is 106 Å². The Bertz CT molecular complexity index is 500. The molecule has 5 heteroatoms. The molecule has 0 fully saturated rings. The Morgan fingerprint density at radius 3 is 2.82 bits per heavy atom. The summed E-state index contributed by atoms with van der Waals surface area (Å²) in [5.74, 6) is 1.05. The van der Waals surface area contributed by atoms with Crippen molar-refractivity contribution in [2.75, 3.05) is 0 Å². The molecule has 92 valence electrons. The monoisotopic (exact) mass is 250 g/mol. The Balaban J connectivity index is 2.17. The molecular weight excluding hydrogens is 232 g/mol. The summed E-state index contributed by atoms with van der Waals surface area (Å²) >= 11 is 1.68. The van der Waals surface area contributed by atoms with Crippen molar-refractivity contribution in [3.8, 4) is 0 Å². The van der Waals surface area contributed by atoms with Gasteiger partial charge in [-0.1, -0.05) is 0 Å². The number of rotatable bonds is 4. The smallest absolute Gasteiger partial charge is 0.110 e. The molecule has 2 rings (SSSR count). The maximum absolute atomic E-state index is 6.24. The van der Waals surface area contributed by atoms with Crippen LogP contribution in [0.1, 0.15) is 34.4 Å². The van der Waals surface area contributed by atoms with Crippen LogP contribution in [0.4, 0.5) is 0 Å². The maximum Gasteiger partial charge on any atom is 0.110 e. The average Bonchev–Trinajstić information content (AvgIpc) is 2.84. The highest BCUT2D eigenvalue weighted by atomic mass is 32.1. The molecule has 2 aromatic heterocycles. The lowest BCUT2D eigenvalue weighted by molar-refractivity contribution is 0.631. The van der Waals surface area contributed by atoms with E-state index in [0.29, 0.717) is 0 Å². The van der Waals surface area contributed by atoms with Crippen LogP contribution in [0, 0.1) is 13.8 Å². The van der Waals surface area contributed by atoms with Crippen molar-refractivity contribution in [3.05, 3.63) is 33.8 Å². The zero-order valence-electron chi connectivity index (χ0n) is 10.5. The van der Waals surface area contributed by atoms with E-state index in [1.165, 1.54) is 4.88 Å².